The molecular formula is C14H15F3N2O. The van der Waals surface area contributed by atoms with Crippen LogP contribution in [0, 0.1) is 0 Å². The molecule has 3 nitrogen and oxygen atoms in total. The number of rotatable bonds is 3. The highest BCUT2D eigenvalue weighted by molar-refractivity contribution is 5.66. The lowest BCUT2D eigenvalue weighted by Gasteiger charge is -2.16. The van der Waals surface area contributed by atoms with E-state index in [4.69, 9.17) is 4.74 Å². The Balaban J connectivity index is 2.55. The van der Waals surface area contributed by atoms with Gasteiger partial charge in [0.15, 0.2) is 0 Å². The smallest absolute Gasteiger partial charge is 0.417 e. The predicted molar refractivity (Wildman–Crippen MR) is 69.4 cm³/mol. The van der Waals surface area contributed by atoms with Gasteiger partial charge >= 0.3 is 6.18 Å². The Kier molecular flexibility index (Phi) is 3.74. The molecule has 6 heteroatoms. The second-order valence-electron chi connectivity index (χ2n) is 4.71. The van der Waals surface area contributed by atoms with Gasteiger partial charge in [-0.25, -0.2) is 0 Å². The average molecular weight is 284 g/mol. The fourth-order valence-corrected chi connectivity index (χ4v) is 1.96. The lowest BCUT2D eigenvalue weighted by atomic mass is 10.0. The molecular weight excluding hydrogens is 269 g/mol. The maximum absolute atomic E-state index is 13.2. The SMILES string of the molecule is CC(C)Oc1ccc(-c2ccnn2C)c(C(F)(F)F)c1. The van der Waals surface area contributed by atoms with Gasteiger partial charge in [-0.1, -0.05) is 0 Å². The lowest BCUT2D eigenvalue weighted by molar-refractivity contribution is -0.137. The van der Waals surface area contributed by atoms with Crippen molar-refractivity contribution in [1.29, 1.82) is 0 Å². The van der Waals surface area contributed by atoms with Crippen LogP contribution in [0.5, 0.6) is 5.75 Å². The summed E-state index contributed by atoms with van der Waals surface area (Å²) in [5.74, 6) is 0.207. The van der Waals surface area contributed by atoms with Crippen LogP contribution in [0.4, 0.5) is 13.2 Å². The number of hydrogen-bond acceptors (Lipinski definition) is 2. The lowest BCUT2D eigenvalue weighted by Crippen LogP contribution is -2.11. The summed E-state index contributed by atoms with van der Waals surface area (Å²) in [6.45, 7) is 3.53. The average Bonchev–Trinajstić information content (AvgIpc) is 2.73. The predicted octanol–water partition coefficient (Wildman–Crippen LogP) is 3.89. The van der Waals surface area contributed by atoms with Crippen LogP contribution in [0.15, 0.2) is 30.5 Å². The molecule has 0 aliphatic carbocycles. The van der Waals surface area contributed by atoms with Crippen LogP contribution in [0.2, 0.25) is 0 Å². The molecule has 0 fully saturated rings. The van der Waals surface area contributed by atoms with Gasteiger partial charge in [0, 0.05) is 18.8 Å². The van der Waals surface area contributed by atoms with E-state index in [1.807, 2.05) is 0 Å². The number of benzene rings is 1. The Hall–Kier alpha value is -1.98. The molecule has 20 heavy (non-hydrogen) atoms. The first-order chi connectivity index (χ1) is 9.29. The van der Waals surface area contributed by atoms with Crippen molar-refractivity contribution in [3.05, 3.63) is 36.0 Å². The minimum atomic E-state index is -4.45. The van der Waals surface area contributed by atoms with Crippen molar-refractivity contribution in [2.45, 2.75) is 26.1 Å². The molecule has 0 bridgehead atoms. The standard InChI is InChI=1S/C14H15F3N2O/c1-9(2)20-10-4-5-11(12(8-10)14(15,16)17)13-6-7-18-19(13)3/h4-9H,1-3H3. The highest BCUT2D eigenvalue weighted by Gasteiger charge is 2.34. The maximum atomic E-state index is 13.2. The van der Waals surface area contributed by atoms with Crippen LogP contribution in [-0.2, 0) is 13.2 Å². The normalized spacial score (nSPS) is 11.9. The molecule has 0 N–H and O–H groups in total. The zero-order valence-corrected chi connectivity index (χ0v) is 11.4. The van der Waals surface area contributed by atoms with Gasteiger partial charge in [0.25, 0.3) is 0 Å². The second kappa shape index (κ2) is 5.19. The highest BCUT2D eigenvalue weighted by Crippen LogP contribution is 2.39. The van der Waals surface area contributed by atoms with Gasteiger partial charge in [-0.15, -0.1) is 0 Å². The Morgan fingerprint density at radius 3 is 2.40 bits per heavy atom. The minimum absolute atomic E-state index is 0.0913. The zero-order chi connectivity index (χ0) is 14.9. The molecule has 1 aromatic carbocycles. The van der Waals surface area contributed by atoms with Crippen molar-refractivity contribution in [1.82, 2.24) is 9.78 Å². The molecule has 0 amide bonds. The molecule has 0 aliphatic heterocycles. The first-order valence-corrected chi connectivity index (χ1v) is 6.15. The summed E-state index contributed by atoms with van der Waals surface area (Å²) in [5, 5.41) is 3.91. The number of nitrogens with zero attached hydrogens (tertiary/aromatic N) is 2. The topological polar surface area (TPSA) is 27.1 Å². The summed E-state index contributed by atoms with van der Waals surface area (Å²) in [6.07, 6.45) is -3.16. The van der Waals surface area contributed by atoms with Crippen molar-refractivity contribution in [2.75, 3.05) is 0 Å². The van der Waals surface area contributed by atoms with E-state index in [0.29, 0.717) is 5.69 Å². The van der Waals surface area contributed by atoms with E-state index in [0.717, 1.165) is 6.07 Å². The molecule has 0 saturated heterocycles. The number of ether oxygens (including phenoxy) is 1. The Morgan fingerprint density at radius 1 is 1.20 bits per heavy atom. The Bertz CT molecular complexity index is 603. The fourth-order valence-electron chi connectivity index (χ4n) is 1.96. The zero-order valence-electron chi connectivity index (χ0n) is 11.4. The van der Waals surface area contributed by atoms with Crippen molar-refractivity contribution in [2.24, 2.45) is 7.05 Å². The molecule has 2 aromatic rings. The molecule has 0 spiro atoms. The Labute approximate surface area is 115 Å². The largest absolute Gasteiger partial charge is 0.491 e. The van der Waals surface area contributed by atoms with Crippen LogP contribution in [-0.4, -0.2) is 15.9 Å². The van der Waals surface area contributed by atoms with Gasteiger partial charge in [-0.3, -0.25) is 4.68 Å². The number of hydrogen-bond donors (Lipinski definition) is 0. The summed E-state index contributed by atoms with van der Waals surface area (Å²) in [4.78, 5) is 0. The van der Waals surface area contributed by atoms with Gasteiger partial charge < -0.3 is 4.74 Å². The van der Waals surface area contributed by atoms with E-state index in [2.05, 4.69) is 5.10 Å². The maximum Gasteiger partial charge on any atom is 0.417 e. The quantitative estimate of drug-likeness (QED) is 0.855. The van der Waals surface area contributed by atoms with Crippen molar-refractivity contribution in [3.63, 3.8) is 0 Å². The molecule has 0 unspecified atom stereocenters. The molecule has 0 atom stereocenters. The fraction of sp³-hybridized carbons (Fsp3) is 0.357. The van der Waals surface area contributed by atoms with Crippen LogP contribution >= 0.6 is 0 Å². The van der Waals surface area contributed by atoms with Crippen LogP contribution < -0.4 is 4.74 Å². The highest BCUT2D eigenvalue weighted by atomic mass is 19.4. The molecule has 1 heterocycles. The molecule has 2 rings (SSSR count). The summed E-state index contributed by atoms with van der Waals surface area (Å²) >= 11 is 0. The molecule has 0 saturated carbocycles. The van der Waals surface area contributed by atoms with E-state index in [-0.39, 0.29) is 17.4 Å². The third-order valence-electron chi connectivity index (χ3n) is 2.77. The third kappa shape index (κ3) is 2.95. The number of halogens is 3. The van der Waals surface area contributed by atoms with E-state index < -0.39 is 11.7 Å². The van der Waals surface area contributed by atoms with Crippen molar-refractivity contribution >= 4 is 0 Å². The van der Waals surface area contributed by atoms with Crippen LogP contribution in [0.3, 0.4) is 0 Å². The van der Waals surface area contributed by atoms with E-state index >= 15 is 0 Å². The van der Waals surface area contributed by atoms with E-state index in [9.17, 15) is 13.2 Å². The number of aryl methyl sites for hydroxylation is 1. The van der Waals surface area contributed by atoms with Gasteiger partial charge in [-0.2, -0.15) is 18.3 Å². The van der Waals surface area contributed by atoms with Crippen LogP contribution in [0.1, 0.15) is 19.4 Å². The van der Waals surface area contributed by atoms with E-state index in [1.165, 1.54) is 23.0 Å². The number of aromatic nitrogens is 2. The second-order valence-corrected chi connectivity index (χ2v) is 4.71. The van der Waals surface area contributed by atoms with Gasteiger partial charge in [0.2, 0.25) is 0 Å². The summed E-state index contributed by atoms with van der Waals surface area (Å²) < 4.78 is 46.4. The van der Waals surface area contributed by atoms with E-state index in [1.54, 1.807) is 27.0 Å². The van der Waals surface area contributed by atoms with Gasteiger partial charge in [0.1, 0.15) is 5.75 Å². The molecule has 0 radical (unpaired) electrons. The first-order valence-electron chi connectivity index (χ1n) is 6.15. The molecule has 0 aliphatic rings. The molecule has 108 valence electrons. The monoisotopic (exact) mass is 284 g/mol. The molecule has 1 aromatic heterocycles. The minimum Gasteiger partial charge on any atom is -0.491 e. The summed E-state index contributed by atoms with van der Waals surface area (Å²) in [7, 11) is 1.61. The first kappa shape index (κ1) is 14.4. The van der Waals surface area contributed by atoms with Gasteiger partial charge in [0.05, 0.1) is 17.4 Å². The summed E-state index contributed by atoms with van der Waals surface area (Å²) in [6, 6.07) is 5.53. The third-order valence-corrected chi connectivity index (χ3v) is 2.77. The summed E-state index contributed by atoms with van der Waals surface area (Å²) in [5.41, 5.74) is -0.221. The van der Waals surface area contributed by atoms with Crippen LogP contribution in [0.25, 0.3) is 11.3 Å². The number of alkyl halides is 3. The Morgan fingerprint density at radius 2 is 1.90 bits per heavy atom. The van der Waals surface area contributed by atoms with Gasteiger partial charge in [-0.05, 0) is 38.1 Å². The van der Waals surface area contributed by atoms with Crippen molar-refractivity contribution < 1.29 is 17.9 Å². The van der Waals surface area contributed by atoms with Crippen molar-refractivity contribution in [3.8, 4) is 17.0 Å².